The summed E-state index contributed by atoms with van der Waals surface area (Å²) in [5.41, 5.74) is 5.95. The molecule has 2 heteroatoms. The van der Waals surface area contributed by atoms with Crippen LogP contribution in [0, 0.1) is 5.92 Å². The zero-order valence-corrected chi connectivity index (χ0v) is 7.97. The molecule has 0 aliphatic rings. The van der Waals surface area contributed by atoms with E-state index in [1.807, 2.05) is 0 Å². The average Bonchev–Trinajstić information content (AvgIpc) is 2.00. The Bertz CT molecular complexity index is 85.6. The molecular weight excluding hydrogens is 138 g/mol. The fraction of sp³-hybridized carbons (Fsp3) is 1.00. The second-order valence-electron chi connectivity index (χ2n) is 3.08. The van der Waals surface area contributed by atoms with Crippen LogP contribution in [0.25, 0.3) is 0 Å². The number of ether oxygens (including phenoxy) is 1. The summed E-state index contributed by atoms with van der Waals surface area (Å²) >= 11 is 0. The van der Waals surface area contributed by atoms with Gasteiger partial charge in [-0.3, -0.25) is 0 Å². The maximum atomic E-state index is 5.95. The van der Waals surface area contributed by atoms with Gasteiger partial charge in [-0.1, -0.05) is 20.3 Å². The van der Waals surface area contributed by atoms with Gasteiger partial charge < -0.3 is 10.5 Å². The second kappa shape index (κ2) is 6.62. The topological polar surface area (TPSA) is 35.2 Å². The van der Waals surface area contributed by atoms with Crippen LogP contribution < -0.4 is 5.73 Å². The summed E-state index contributed by atoms with van der Waals surface area (Å²) in [6.07, 6.45) is 3.40. The Morgan fingerprint density at radius 3 is 2.36 bits per heavy atom. The summed E-state index contributed by atoms with van der Waals surface area (Å²) in [4.78, 5) is 0. The van der Waals surface area contributed by atoms with Crippen LogP contribution in [0.1, 0.15) is 33.1 Å². The van der Waals surface area contributed by atoms with Crippen LogP contribution in [-0.2, 0) is 4.74 Å². The van der Waals surface area contributed by atoms with Crippen LogP contribution in [0.5, 0.6) is 0 Å². The molecule has 0 amide bonds. The number of nitrogens with two attached hydrogens (primary N) is 1. The highest BCUT2D eigenvalue weighted by Crippen LogP contribution is 2.11. The number of hydrogen-bond donors (Lipinski definition) is 1. The first-order valence-corrected chi connectivity index (χ1v) is 4.50. The molecule has 0 aromatic carbocycles. The zero-order chi connectivity index (χ0) is 8.69. The quantitative estimate of drug-likeness (QED) is 0.641. The van der Waals surface area contributed by atoms with Crippen LogP contribution >= 0.6 is 0 Å². The van der Waals surface area contributed by atoms with Crippen molar-refractivity contribution in [1.29, 1.82) is 0 Å². The molecule has 0 heterocycles. The van der Waals surface area contributed by atoms with Crippen molar-refractivity contribution < 1.29 is 4.74 Å². The van der Waals surface area contributed by atoms with Crippen molar-refractivity contribution in [2.75, 3.05) is 13.7 Å². The van der Waals surface area contributed by atoms with Gasteiger partial charge in [0.25, 0.3) is 0 Å². The first-order valence-electron chi connectivity index (χ1n) is 4.50. The van der Waals surface area contributed by atoms with Crippen LogP contribution in [0.15, 0.2) is 0 Å². The van der Waals surface area contributed by atoms with E-state index in [9.17, 15) is 0 Å². The Kier molecular flexibility index (Phi) is 6.57. The van der Waals surface area contributed by atoms with Gasteiger partial charge in [0.15, 0.2) is 0 Å². The predicted molar refractivity (Wildman–Crippen MR) is 48.5 cm³/mol. The van der Waals surface area contributed by atoms with E-state index in [1.54, 1.807) is 7.11 Å². The van der Waals surface area contributed by atoms with Gasteiger partial charge in [0.05, 0.1) is 6.61 Å². The van der Waals surface area contributed by atoms with Crippen molar-refractivity contribution in [3.05, 3.63) is 0 Å². The largest absolute Gasteiger partial charge is 0.384 e. The molecule has 0 radical (unpaired) electrons. The maximum absolute atomic E-state index is 5.95. The Morgan fingerprint density at radius 1 is 1.36 bits per heavy atom. The van der Waals surface area contributed by atoms with E-state index in [-0.39, 0.29) is 0 Å². The third-order valence-electron chi connectivity index (χ3n) is 2.13. The molecule has 0 saturated heterocycles. The maximum Gasteiger partial charge on any atom is 0.0505 e. The van der Waals surface area contributed by atoms with E-state index in [0.29, 0.717) is 12.0 Å². The van der Waals surface area contributed by atoms with Crippen molar-refractivity contribution >= 4 is 0 Å². The van der Waals surface area contributed by atoms with Gasteiger partial charge >= 0.3 is 0 Å². The lowest BCUT2D eigenvalue weighted by molar-refractivity contribution is 0.134. The molecule has 0 aromatic heterocycles. The lowest BCUT2D eigenvalue weighted by Gasteiger charge is -2.20. The molecule has 0 bridgehead atoms. The number of methoxy groups -OCH3 is 1. The van der Waals surface area contributed by atoms with E-state index in [1.165, 1.54) is 6.42 Å². The highest BCUT2D eigenvalue weighted by atomic mass is 16.5. The predicted octanol–water partition coefficient (Wildman–Crippen LogP) is 1.79. The van der Waals surface area contributed by atoms with Crippen molar-refractivity contribution in [2.24, 2.45) is 11.7 Å². The van der Waals surface area contributed by atoms with Crippen molar-refractivity contribution in [1.82, 2.24) is 0 Å². The fourth-order valence-corrected chi connectivity index (χ4v) is 1.33. The minimum atomic E-state index is 0.324. The molecule has 2 nitrogen and oxygen atoms in total. The molecule has 11 heavy (non-hydrogen) atoms. The lowest BCUT2D eigenvalue weighted by Crippen LogP contribution is -2.32. The molecular formula is C9H21NO. The lowest BCUT2D eigenvalue weighted by atomic mass is 9.95. The van der Waals surface area contributed by atoms with Gasteiger partial charge in [0, 0.05) is 13.2 Å². The number of rotatable bonds is 6. The van der Waals surface area contributed by atoms with Crippen LogP contribution in [-0.4, -0.2) is 19.8 Å². The SMILES string of the molecule is CCCC(N)C(CC)COC. The van der Waals surface area contributed by atoms with E-state index in [0.717, 1.165) is 19.4 Å². The highest BCUT2D eigenvalue weighted by Gasteiger charge is 2.13. The summed E-state index contributed by atoms with van der Waals surface area (Å²) in [6.45, 7) is 5.14. The Morgan fingerprint density at radius 2 is 2.00 bits per heavy atom. The molecule has 2 unspecified atom stereocenters. The van der Waals surface area contributed by atoms with Gasteiger partial charge in [-0.2, -0.15) is 0 Å². The molecule has 0 aliphatic carbocycles. The third kappa shape index (κ3) is 4.38. The molecule has 0 fully saturated rings. The van der Waals surface area contributed by atoms with Crippen molar-refractivity contribution in [2.45, 2.75) is 39.2 Å². The average molecular weight is 159 g/mol. The van der Waals surface area contributed by atoms with Gasteiger partial charge in [0.1, 0.15) is 0 Å². The van der Waals surface area contributed by atoms with Crippen molar-refractivity contribution in [3.63, 3.8) is 0 Å². The molecule has 0 spiro atoms. The summed E-state index contributed by atoms with van der Waals surface area (Å²) < 4.78 is 5.08. The Hall–Kier alpha value is -0.0800. The minimum Gasteiger partial charge on any atom is -0.384 e. The summed E-state index contributed by atoms with van der Waals surface area (Å²) in [5.74, 6) is 0.542. The van der Waals surface area contributed by atoms with E-state index in [4.69, 9.17) is 10.5 Å². The van der Waals surface area contributed by atoms with Crippen molar-refractivity contribution in [3.8, 4) is 0 Å². The van der Waals surface area contributed by atoms with Crippen LogP contribution in [0.2, 0.25) is 0 Å². The number of hydrogen-bond acceptors (Lipinski definition) is 2. The van der Waals surface area contributed by atoms with Crippen LogP contribution in [0.4, 0.5) is 0 Å². The van der Waals surface area contributed by atoms with E-state index < -0.39 is 0 Å². The standard InChI is InChI=1S/C9H21NO/c1-4-6-9(10)8(5-2)7-11-3/h8-9H,4-7,10H2,1-3H3. The first-order chi connectivity index (χ1) is 5.26. The minimum absolute atomic E-state index is 0.324. The molecule has 0 rings (SSSR count). The Labute approximate surface area is 70.1 Å². The van der Waals surface area contributed by atoms with Gasteiger partial charge in [-0.05, 0) is 18.8 Å². The molecule has 0 aromatic rings. The van der Waals surface area contributed by atoms with Crippen LogP contribution in [0.3, 0.4) is 0 Å². The van der Waals surface area contributed by atoms with Gasteiger partial charge in [-0.25, -0.2) is 0 Å². The first kappa shape index (κ1) is 10.9. The smallest absolute Gasteiger partial charge is 0.0505 e. The Balaban J connectivity index is 3.61. The van der Waals surface area contributed by atoms with E-state index >= 15 is 0 Å². The molecule has 68 valence electrons. The second-order valence-corrected chi connectivity index (χ2v) is 3.08. The molecule has 0 aliphatic heterocycles. The molecule has 2 atom stereocenters. The normalized spacial score (nSPS) is 16.4. The zero-order valence-electron chi connectivity index (χ0n) is 7.97. The summed E-state index contributed by atoms with van der Waals surface area (Å²) in [7, 11) is 1.74. The highest BCUT2D eigenvalue weighted by molar-refractivity contribution is 4.70. The summed E-state index contributed by atoms with van der Waals surface area (Å²) in [6, 6.07) is 0.324. The third-order valence-corrected chi connectivity index (χ3v) is 2.13. The molecule has 0 saturated carbocycles. The summed E-state index contributed by atoms with van der Waals surface area (Å²) in [5, 5.41) is 0. The fourth-order valence-electron chi connectivity index (χ4n) is 1.33. The monoisotopic (exact) mass is 159 g/mol. The van der Waals surface area contributed by atoms with E-state index in [2.05, 4.69) is 13.8 Å². The van der Waals surface area contributed by atoms with Gasteiger partial charge in [0.2, 0.25) is 0 Å². The van der Waals surface area contributed by atoms with Gasteiger partial charge in [-0.15, -0.1) is 0 Å². The molecule has 2 N–H and O–H groups in total.